The highest BCUT2D eigenvalue weighted by molar-refractivity contribution is 5.33. The van der Waals surface area contributed by atoms with Crippen LogP contribution in [0.1, 0.15) is 29.5 Å². The lowest BCUT2D eigenvalue weighted by atomic mass is 9.91. The van der Waals surface area contributed by atoms with Gasteiger partial charge >= 0.3 is 0 Å². The second-order valence-electron chi connectivity index (χ2n) is 5.96. The summed E-state index contributed by atoms with van der Waals surface area (Å²) < 4.78 is 0. The van der Waals surface area contributed by atoms with Gasteiger partial charge < -0.3 is 5.32 Å². The highest BCUT2D eigenvalue weighted by atomic mass is 15.2. The molecule has 0 saturated carbocycles. The molecule has 18 heavy (non-hydrogen) atoms. The Morgan fingerprint density at radius 3 is 3.06 bits per heavy atom. The fraction of sp³-hybridized carbons (Fsp3) is 0.625. The number of piperidine rings is 1. The predicted molar refractivity (Wildman–Crippen MR) is 75.7 cm³/mol. The van der Waals surface area contributed by atoms with E-state index in [0.717, 1.165) is 18.5 Å². The number of fused-ring (bicyclic) bond motifs is 1. The summed E-state index contributed by atoms with van der Waals surface area (Å²) in [6.45, 7) is 9.31. The van der Waals surface area contributed by atoms with Crippen molar-refractivity contribution < 1.29 is 0 Å². The van der Waals surface area contributed by atoms with Gasteiger partial charge in [-0.1, -0.05) is 18.2 Å². The zero-order chi connectivity index (χ0) is 12.5. The van der Waals surface area contributed by atoms with Crippen LogP contribution in [-0.4, -0.2) is 30.6 Å². The van der Waals surface area contributed by atoms with Gasteiger partial charge in [0.15, 0.2) is 0 Å². The minimum atomic E-state index is 0.777. The summed E-state index contributed by atoms with van der Waals surface area (Å²) in [6.07, 6.45) is 2.79. The van der Waals surface area contributed by atoms with E-state index in [2.05, 4.69) is 42.3 Å². The van der Waals surface area contributed by atoms with Gasteiger partial charge in [0.25, 0.3) is 0 Å². The maximum Gasteiger partial charge on any atom is 0.0264 e. The number of hydrogen-bond acceptors (Lipinski definition) is 2. The van der Waals surface area contributed by atoms with Crippen molar-refractivity contribution in [3.05, 3.63) is 34.9 Å². The number of hydrogen-bond donors (Lipinski definition) is 1. The van der Waals surface area contributed by atoms with Crippen LogP contribution >= 0.6 is 0 Å². The summed E-state index contributed by atoms with van der Waals surface area (Å²) >= 11 is 0. The SMILES string of the molecule is Cc1cccc(CN2CCCC3CNCC32)c1C. The van der Waals surface area contributed by atoms with Gasteiger partial charge in [-0.15, -0.1) is 0 Å². The molecule has 2 heteroatoms. The molecule has 2 heterocycles. The molecule has 1 aromatic carbocycles. The molecule has 2 fully saturated rings. The molecule has 0 aromatic heterocycles. The first kappa shape index (κ1) is 12.2. The van der Waals surface area contributed by atoms with Crippen molar-refractivity contribution in [3.63, 3.8) is 0 Å². The topological polar surface area (TPSA) is 15.3 Å². The van der Waals surface area contributed by atoms with E-state index in [0.29, 0.717) is 0 Å². The lowest BCUT2D eigenvalue weighted by Crippen LogP contribution is -2.44. The van der Waals surface area contributed by atoms with E-state index in [1.165, 1.54) is 49.2 Å². The molecule has 2 nitrogen and oxygen atoms in total. The zero-order valence-electron chi connectivity index (χ0n) is 11.6. The zero-order valence-corrected chi connectivity index (χ0v) is 11.6. The molecule has 2 atom stereocenters. The fourth-order valence-corrected chi connectivity index (χ4v) is 3.56. The van der Waals surface area contributed by atoms with Crippen molar-refractivity contribution in [2.75, 3.05) is 19.6 Å². The summed E-state index contributed by atoms with van der Waals surface area (Å²) in [5.74, 6) is 0.892. The van der Waals surface area contributed by atoms with Gasteiger partial charge in [-0.3, -0.25) is 4.90 Å². The Bertz CT molecular complexity index is 427. The van der Waals surface area contributed by atoms with E-state index < -0.39 is 0 Å². The van der Waals surface area contributed by atoms with E-state index in [9.17, 15) is 0 Å². The van der Waals surface area contributed by atoms with Crippen molar-refractivity contribution in [1.82, 2.24) is 10.2 Å². The standard InChI is InChI=1S/C16H24N2/c1-12-5-3-6-15(13(12)2)11-18-8-4-7-14-9-17-10-16(14)18/h3,5-6,14,16-17H,4,7-11H2,1-2H3. The van der Waals surface area contributed by atoms with Gasteiger partial charge in [0, 0.05) is 19.1 Å². The van der Waals surface area contributed by atoms with Gasteiger partial charge in [0.05, 0.1) is 0 Å². The van der Waals surface area contributed by atoms with Gasteiger partial charge in [-0.2, -0.15) is 0 Å². The van der Waals surface area contributed by atoms with E-state index in [-0.39, 0.29) is 0 Å². The lowest BCUT2D eigenvalue weighted by Gasteiger charge is -2.37. The molecule has 1 N–H and O–H groups in total. The third kappa shape index (κ3) is 2.19. The number of nitrogens with zero attached hydrogens (tertiary/aromatic N) is 1. The highest BCUT2D eigenvalue weighted by Crippen LogP contribution is 2.28. The molecule has 0 aliphatic carbocycles. The largest absolute Gasteiger partial charge is 0.315 e. The summed E-state index contributed by atoms with van der Waals surface area (Å²) in [5.41, 5.74) is 4.42. The van der Waals surface area contributed by atoms with Crippen LogP contribution < -0.4 is 5.32 Å². The Labute approximate surface area is 110 Å². The molecule has 2 saturated heterocycles. The maximum absolute atomic E-state index is 3.56. The van der Waals surface area contributed by atoms with Gasteiger partial charge in [0.1, 0.15) is 0 Å². The number of nitrogens with one attached hydrogen (secondary N) is 1. The monoisotopic (exact) mass is 244 g/mol. The molecular weight excluding hydrogens is 220 g/mol. The van der Waals surface area contributed by atoms with Crippen molar-refractivity contribution >= 4 is 0 Å². The average molecular weight is 244 g/mol. The number of benzene rings is 1. The molecule has 98 valence electrons. The summed E-state index contributed by atoms with van der Waals surface area (Å²) in [5, 5.41) is 3.56. The summed E-state index contributed by atoms with van der Waals surface area (Å²) in [4.78, 5) is 2.70. The molecular formula is C16H24N2. The minimum absolute atomic E-state index is 0.777. The van der Waals surface area contributed by atoms with Crippen molar-refractivity contribution in [2.24, 2.45) is 5.92 Å². The molecule has 1 aromatic rings. The normalized spacial score (nSPS) is 28.3. The minimum Gasteiger partial charge on any atom is -0.315 e. The first-order valence-electron chi connectivity index (χ1n) is 7.25. The molecule has 0 amide bonds. The Morgan fingerprint density at radius 2 is 2.17 bits per heavy atom. The van der Waals surface area contributed by atoms with Gasteiger partial charge in [0.2, 0.25) is 0 Å². The van der Waals surface area contributed by atoms with Crippen molar-refractivity contribution in [1.29, 1.82) is 0 Å². The number of aryl methyl sites for hydroxylation is 1. The quantitative estimate of drug-likeness (QED) is 0.860. The average Bonchev–Trinajstić information content (AvgIpc) is 2.84. The third-order valence-corrected chi connectivity index (χ3v) is 4.88. The van der Waals surface area contributed by atoms with Crippen molar-refractivity contribution in [2.45, 2.75) is 39.3 Å². The molecule has 2 aliphatic rings. The Hall–Kier alpha value is -0.860. The van der Waals surface area contributed by atoms with Crippen LogP contribution in [0.25, 0.3) is 0 Å². The number of rotatable bonds is 2. The molecule has 0 bridgehead atoms. The van der Waals surface area contributed by atoms with Crippen LogP contribution in [0.5, 0.6) is 0 Å². The molecule has 0 spiro atoms. The fourth-order valence-electron chi connectivity index (χ4n) is 3.56. The lowest BCUT2D eigenvalue weighted by molar-refractivity contribution is 0.117. The van der Waals surface area contributed by atoms with Crippen LogP contribution in [0.3, 0.4) is 0 Å². The van der Waals surface area contributed by atoms with Crippen LogP contribution in [0.15, 0.2) is 18.2 Å². The number of likely N-dealkylation sites (tertiary alicyclic amines) is 1. The maximum atomic E-state index is 3.56. The van der Waals surface area contributed by atoms with E-state index >= 15 is 0 Å². The smallest absolute Gasteiger partial charge is 0.0264 e. The summed E-state index contributed by atoms with van der Waals surface area (Å²) in [7, 11) is 0. The van der Waals surface area contributed by atoms with Crippen LogP contribution in [0.4, 0.5) is 0 Å². The Morgan fingerprint density at radius 1 is 1.28 bits per heavy atom. The van der Waals surface area contributed by atoms with Gasteiger partial charge in [-0.05, 0) is 62.4 Å². The van der Waals surface area contributed by atoms with Crippen LogP contribution in [-0.2, 0) is 6.54 Å². The first-order chi connectivity index (χ1) is 8.75. The Balaban J connectivity index is 1.77. The molecule has 3 rings (SSSR count). The van der Waals surface area contributed by atoms with E-state index in [1.54, 1.807) is 0 Å². The third-order valence-electron chi connectivity index (χ3n) is 4.88. The highest BCUT2D eigenvalue weighted by Gasteiger charge is 2.34. The Kier molecular flexibility index (Phi) is 3.40. The molecule has 0 radical (unpaired) electrons. The van der Waals surface area contributed by atoms with Crippen LogP contribution in [0.2, 0.25) is 0 Å². The molecule has 2 unspecified atom stereocenters. The summed E-state index contributed by atoms with van der Waals surface area (Å²) in [6, 6.07) is 7.49. The predicted octanol–water partition coefficient (Wildman–Crippen LogP) is 2.49. The van der Waals surface area contributed by atoms with Crippen LogP contribution in [0, 0.1) is 19.8 Å². The van der Waals surface area contributed by atoms with E-state index in [1.807, 2.05) is 0 Å². The van der Waals surface area contributed by atoms with Crippen molar-refractivity contribution in [3.8, 4) is 0 Å². The second kappa shape index (κ2) is 5.02. The van der Waals surface area contributed by atoms with E-state index in [4.69, 9.17) is 0 Å². The second-order valence-corrected chi connectivity index (χ2v) is 5.96. The first-order valence-corrected chi connectivity index (χ1v) is 7.25. The molecule has 2 aliphatic heterocycles. The van der Waals surface area contributed by atoms with Gasteiger partial charge in [-0.25, -0.2) is 0 Å².